The maximum atomic E-state index is 4.39. The molecular formula is C12H13N3S. The van der Waals surface area contributed by atoms with Gasteiger partial charge in [0.25, 0.3) is 0 Å². The van der Waals surface area contributed by atoms with Gasteiger partial charge in [-0.15, -0.1) is 0 Å². The zero-order valence-corrected chi connectivity index (χ0v) is 9.92. The summed E-state index contributed by atoms with van der Waals surface area (Å²) < 4.78 is 0. The first-order valence-corrected chi connectivity index (χ1v) is 6.17. The number of hydrogen-bond donors (Lipinski definition) is 1. The average molecular weight is 231 g/mol. The number of rotatable bonds is 1. The summed E-state index contributed by atoms with van der Waals surface area (Å²) in [4.78, 5) is 7.91. The van der Waals surface area contributed by atoms with Crippen LogP contribution in [0, 0.1) is 0 Å². The molecule has 0 spiro atoms. The molecule has 3 rings (SSSR count). The molecule has 1 aromatic rings. The molecule has 0 radical (unpaired) electrons. The highest BCUT2D eigenvalue weighted by molar-refractivity contribution is 8.03. The highest BCUT2D eigenvalue weighted by Gasteiger charge is 2.21. The van der Waals surface area contributed by atoms with Crippen molar-refractivity contribution in [3.63, 3.8) is 0 Å². The van der Waals surface area contributed by atoms with Gasteiger partial charge in [-0.3, -0.25) is 4.99 Å². The van der Waals surface area contributed by atoms with Gasteiger partial charge < -0.3 is 10.2 Å². The van der Waals surface area contributed by atoms with Crippen LogP contribution in [0.3, 0.4) is 0 Å². The quantitative estimate of drug-likeness (QED) is 0.802. The second kappa shape index (κ2) is 3.87. The lowest BCUT2D eigenvalue weighted by Crippen LogP contribution is -2.18. The second-order valence-electron chi connectivity index (χ2n) is 3.81. The molecule has 0 atom stereocenters. The Morgan fingerprint density at radius 3 is 3.06 bits per heavy atom. The predicted octanol–water partition coefficient (Wildman–Crippen LogP) is 2.07. The summed E-state index contributed by atoms with van der Waals surface area (Å²) in [7, 11) is 2.10. The van der Waals surface area contributed by atoms with Crippen LogP contribution >= 0.6 is 11.8 Å². The van der Waals surface area contributed by atoms with Crippen LogP contribution < -0.4 is 10.2 Å². The van der Waals surface area contributed by atoms with Crippen LogP contribution in [0.2, 0.25) is 0 Å². The number of fused-ring (bicyclic) bond motifs is 1. The zero-order valence-electron chi connectivity index (χ0n) is 9.10. The molecule has 0 aliphatic carbocycles. The van der Waals surface area contributed by atoms with Crippen molar-refractivity contribution >= 4 is 23.3 Å². The van der Waals surface area contributed by atoms with E-state index in [2.05, 4.69) is 52.6 Å². The Morgan fingerprint density at radius 1 is 1.44 bits per heavy atom. The Bertz CT molecular complexity index is 479. The third kappa shape index (κ3) is 1.59. The van der Waals surface area contributed by atoms with Crippen molar-refractivity contribution in [2.75, 3.05) is 25.0 Å². The van der Waals surface area contributed by atoms with Crippen molar-refractivity contribution in [3.05, 3.63) is 35.4 Å². The van der Waals surface area contributed by atoms with Gasteiger partial charge in [-0.2, -0.15) is 0 Å². The zero-order chi connectivity index (χ0) is 11.0. The van der Waals surface area contributed by atoms with E-state index in [9.17, 15) is 0 Å². The van der Waals surface area contributed by atoms with E-state index in [1.54, 1.807) is 11.8 Å². The Kier molecular flexibility index (Phi) is 2.36. The molecule has 4 heteroatoms. The fourth-order valence-electron chi connectivity index (χ4n) is 1.88. The molecule has 1 aromatic carbocycles. The van der Waals surface area contributed by atoms with Crippen molar-refractivity contribution in [2.45, 2.75) is 4.90 Å². The Hall–Kier alpha value is -1.42. The first kappa shape index (κ1) is 9.78. The van der Waals surface area contributed by atoms with E-state index in [-0.39, 0.29) is 0 Å². The van der Waals surface area contributed by atoms with Crippen molar-refractivity contribution in [3.8, 4) is 0 Å². The standard InChI is InChI=1S/C12H13N3S/c1-15-9-4-2-3-5-10(9)16-12(15)8-11-13-6-7-14-11/h2-5,8H,6-7H2,1H3,(H,13,14). The molecule has 0 bridgehead atoms. The molecule has 2 aliphatic rings. The van der Waals surface area contributed by atoms with Crippen LogP contribution in [-0.2, 0) is 0 Å². The largest absolute Gasteiger partial charge is 0.368 e. The lowest BCUT2D eigenvalue weighted by atomic mass is 10.3. The topological polar surface area (TPSA) is 27.6 Å². The fraction of sp³-hybridized carbons (Fsp3) is 0.250. The average Bonchev–Trinajstić information content (AvgIpc) is 2.90. The summed E-state index contributed by atoms with van der Waals surface area (Å²) in [5.41, 5.74) is 1.28. The van der Waals surface area contributed by atoms with Crippen LogP contribution in [0.25, 0.3) is 0 Å². The van der Waals surface area contributed by atoms with E-state index >= 15 is 0 Å². The van der Waals surface area contributed by atoms with Gasteiger partial charge >= 0.3 is 0 Å². The lowest BCUT2D eigenvalue weighted by Gasteiger charge is -2.13. The van der Waals surface area contributed by atoms with Gasteiger partial charge in [0.05, 0.1) is 17.3 Å². The van der Waals surface area contributed by atoms with Crippen molar-refractivity contribution in [1.29, 1.82) is 0 Å². The molecule has 0 amide bonds. The van der Waals surface area contributed by atoms with E-state index in [0.29, 0.717) is 0 Å². The third-order valence-electron chi connectivity index (χ3n) is 2.73. The molecule has 0 aromatic heterocycles. The molecule has 0 fully saturated rings. The third-order valence-corrected chi connectivity index (χ3v) is 3.90. The number of nitrogens with zero attached hydrogens (tertiary/aromatic N) is 2. The molecule has 16 heavy (non-hydrogen) atoms. The number of para-hydroxylation sites is 1. The molecule has 2 heterocycles. The van der Waals surface area contributed by atoms with Crippen molar-refractivity contribution in [2.24, 2.45) is 4.99 Å². The van der Waals surface area contributed by atoms with Crippen LogP contribution in [0.1, 0.15) is 0 Å². The van der Waals surface area contributed by atoms with Crippen LogP contribution in [0.4, 0.5) is 5.69 Å². The van der Waals surface area contributed by atoms with Gasteiger partial charge in [-0.05, 0) is 12.1 Å². The van der Waals surface area contributed by atoms with Gasteiger partial charge in [0.1, 0.15) is 5.84 Å². The minimum atomic E-state index is 0.889. The highest BCUT2D eigenvalue weighted by atomic mass is 32.2. The van der Waals surface area contributed by atoms with E-state index in [1.807, 2.05) is 0 Å². The summed E-state index contributed by atoms with van der Waals surface area (Å²) in [6.45, 7) is 1.85. The maximum Gasteiger partial charge on any atom is 0.123 e. The summed E-state index contributed by atoms with van der Waals surface area (Å²) >= 11 is 1.80. The minimum absolute atomic E-state index is 0.889. The van der Waals surface area contributed by atoms with Crippen LogP contribution in [0.5, 0.6) is 0 Å². The molecule has 0 unspecified atom stereocenters. The highest BCUT2D eigenvalue weighted by Crippen LogP contribution is 2.44. The fourth-order valence-corrected chi connectivity index (χ4v) is 2.96. The summed E-state index contributed by atoms with van der Waals surface area (Å²) in [5, 5.41) is 4.50. The SMILES string of the molecule is CN1C(=CC2=NCCN2)Sc2ccccc21. The normalized spacial score (nSPS) is 20.9. The van der Waals surface area contributed by atoms with Crippen molar-refractivity contribution in [1.82, 2.24) is 5.32 Å². The van der Waals surface area contributed by atoms with Gasteiger partial charge in [-0.25, -0.2) is 0 Å². The van der Waals surface area contributed by atoms with E-state index in [1.165, 1.54) is 15.6 Å². The predicted molar refractivity (Wildman–Crippen MR) is 69.1 cm³/mol. The number of benzene rings is 1. The molecule has 1 N–H and O–H groups in total. The molecule has 82 valence electrons. The second-order valence-corrected chi connectivity index (χ2v) is 4.87. The minimum Gasteiger partial charge on any atom is -0.368 e. The monoisotopic (exact) mass is 231 g/mol. The van der Waals surface area contributed by atoms with Crippen LogP contribution in [0.15, 0.2) is 45.3 Å². The molecule has 0 saturated carbocycles. The summed E-state index contributed by atoms with van der Waals surface area (Å²) in [6.07, 6.45) is 2.12. The first-order chi connectivity index (χ1) is 7.84. The number of aliphatic imine (C=N–C) groups is 1. The summed E-state index contributed by atoms with van der Waals surface area (Å²) in [6, 6.07) is 8.45. The van der Waals surface area contributed by atoms with E-state index in [0.717, 1.165) is 18.9 Å². The molecule has 3 nitrogen and oxygen atoms in total. The summed E-state index contributed by atoms with van der Waals surface area (Å²) in [5.74, 6) is 1.00. The number of thioether (sulfide) groups is 1. The van der Waals surface area contributed by atoms with Crippen molar-refractivity contribution < 1.29 is 0 Å². The first-order valence-electron chi connectivity index (χ1n) is 5.35. The van der Waals surface area contributed by atoms with E-state index < -0.39 is 0 Å². The number of anilines is 1. The van der Waals surface area contributed by atoms with Gasteiger partial charge in [-0.1, -0.05) is 23.9 Å². The molecule has 2 aliphatic heterocycles. The van der Waals surface area contributed by atoms with Gasteiger partial charge in [0, 0.05) is 24.6 Å². The maximum absolute atomic E-state index is 4.39. The number of nitrogens with one attached hydrogen (secondary N) is 1. The Morgan fingerprint density at radius 2 is 2.31 bits per heavy atom. The lowest BCUT2D eigenvalue weighted by molar-refractivity contribution is 0.961. The Balaban J connectivity index is 1.92. The smallest absolute Gasteiger partial charge is 0.123 e. The van der Waals surface area contributed by atoms with Crippen LogP contribution in [-0.4, -0.2) is 26.0 Å². The van der Waals surface area contributed by atoms with E-state index in [4.69, 9.17) is 0 Å². The molecule has 0 saturated heterocycles. The molecular weight excluding hydrogens is 218 g/mol. The number of hydrogen-bond acceptors (Lipinski definition) is 4. The Labute approximate surface area is 99.2 Å². The van der Waals surface area contributed by atoms with Gasteiger partial charge in [0.15, 0.2) is 0 Å². The van der Waals surface area contributed by atoms with Gasteiger partial charge in [0.2, 0.25) is 0 Å². The number of amidine groups is 1.